The van der Waals surface area contributed by atoms with Crippen molar-refractivity contribution in [2.45, 2.75) is 60.0 Å². The number of hydrogen-bond acceptors (Lipinski definition) is 4. The molecule has 1 atom stereocenters. The van der Waals surface area contributed by atoms with Gasteiger partial charge in [-0.3, -0.25) is 0 Å². The molecule has 1 N–H and O–H groups in total. The number of aromatic nitrogens is 1. The van der Waals surface area contributed by atoms with Gasteiger partial charge in [0.25, 0.3) is 0 Å². The van der Waals surface area contributed by atoms with Crippen LogP contribution in [0.1, 0.15) is 52.3 Å². The summed E-state index contributed by atoms with van der Waals surface area (Å²) in [7, 11) is 0. The maximum atomic E-state index is 4.51. The molecule has 0 saturated heterocycles. The first-order chi connectivity index (χ1) is 9.06. The summed E-state index contributed by atoms with van der Waals surface area (Å²) in [6, 6.07) is 0.585. The zero-order valence-electron chi connectivity index (χ0n) is 13.1. The van der Waals surface area contributed by atoms with Crippen molar-refractivity contribution in [2.24, 2.45) is 5.92 Å². The maximum absolute atomic E-state index is 4.51. The number of rotatable bonds is 9. The molecule has 0 radical (unpaired) electrons. The number of anilines is 1. The summed E-state index contributed by atoms with van der Waals surface area (Å²) in [5, 5.41) is 4.74. The number of hydrogen-bond donors (Lipinski definition) is 1. The van der Waals surface area contributed by atoms with Gasteiger partial charge in [-0.15, -0.1) is 11.3 Å². The number of thiazole rings is 1. The highest BCUT2D eigenvalue weighted by molar-refractivity contribution is 7.15. The predicted molar refractivity (Wildman–Crippen MR) is 86.0 cm³/mol. The average molecular weight is 283 g/mol. The van der Waals surface area contributed by atoms with Gasteiger partial charge >= 0.3 is 0 Å². The second-order valence-electron chi connectivity index (χ2n) is 5.53. The van der Waals surface area contributed by atoms with E-state index in [0.29, 0.717) is 6.04 Å². The predicted octanol–water partition coefficient (Wildman–Crippen LogP) is 3.90. The minimum Gasteiger partial charge on any atom is -0.349 e. The third-order valence-electron chi connectivity index (χ3n) is 3.38. The van der Waals surface area contributed by atoms with E-state index in [1.54, 1.807) is 0 Å². The summed E-state index contributed by atoms with van der Waals surface area (Å²) in [6.07, 6.45) is 4.56. The van der Waals surface area contributed by atoms with Crippen molar-refractivity contribution in [3.63, 3.8) is 0 Å². The third kappa shape index (κ3) is 5.91. The van der Waals surface area contributed by atoms with Crippen LogP contribution in [0.5, 0.6) is 0 Å². The Morgan fingerprint density at radius 1 is 1.21 bits per heavy atom. The van der Waals surface area contributed by atoms with Crippen molar-refractivity contribution < 1.29 is 0 Å². The van der Waals surface area contributed by atoms with E-state index < -0.39 is 0 Å². The zero-order valence-corrected chi connectivity index (χ0v) is 13.9. The Bertz CT molecular complexity index is 345. The molecule has 0 spiro atoms. The van der Waals surface area contributed by atoms with Gasteiger partial charge in [0, 0.05) is 36.8 Å². The SMILES string of the molecule is CCN(CC)c1ncc(CNC(C)CCC(C)C)s1. The van der Waals surface area contributed by atoms with E-state index >= 15 is 0 Å². The monoisotopic (exact) mass is 283 g/mol. The van der Waals surface area contributed by atoms with Crippen LogP contribution in [-0.4, -0.2) is 24.1 Å². The van der Waals surface area contributed by atoms with Crippen molar-refractivity contribution in [3.05, 3.63) is 11.1 Å². The topological polar surface area (TPSA) is 28.2 Å². The summed E-state index contributed by atoms with van der Waals surface area (Å²) in [6.45, 7) is 14.2. The highest BCUT2D eigenvalue weighted by Crippen LogP contribution is 2.22. The molecule has 3 nitrogen and oxygen atoms in total. The molecule has 0 aromatic carbocycles. The van der Waals surface area contributed by atoms with E-state index in [-0.39, 0.29) is 0 Å². The van der Waals surface area contributed by atoms with Crippen molar-refractivity contribution >= 4 is 16.5 Å². The molecule has 0 saturated carbocycles. The lowest BCUT2D eigenvalue weighted by atomic mass is 10.0. The summed E-state index contributed by atoms with van der Waals surface area (Å²) in [5.41, 5.74) is 0. The Morgan fingerprint density at radius 3 is 2.47 bits per heavy atom. The van der Waals surface area contributed by atoms with Crippen LogP contribution >= 0.6 is 11.3 Å². The molecule has 0 fully saturated rings. The zero-order chi connectivity index (χ0) is 14.3. The molecule has 0 aliphatic carbocycles. The molecule has 19 heavy (non-hydrogen) atoms. The fourth-order valence-corrected chi connectivity index (χ4v) is 2.97. The molecular weight excluding hydrogens is 254 g/mol. The van der Waals surface area contributed by atoms with Gasteiger partial charge in [0.05, 0.1) is 0 Å². The molecule has 1 aromatic rings. The summed E-state index contributed by atoms with van der Waals surface area (Å²) in [4.78, 5) is 8.15. The second-order valence-corrected chi connectivity index (χ2v) is 6.63. The van der Waals surface area contributed by atoms with Gasteiger partial charge in [-0.1, -0.05) is 13.8 Å². The molecule has 0 bridgehead atoms. The first-order valence-corrected chi connectivity index (χ1v) is 8.31. The molecule has 0 aliphatic heterocycles. The minimum absolute atomic E-state index is 0.585. The van der Waals surface area contributed by atoms with Crippen molar-refractivity contribution in [3.8, 4) is 0 Å². The van der Waals surface area contributed by atoms with Crippen LogP contribution in [0.4, 0.5) is 5.13 Å². The first kappa shape index (κ1) is 16.4. The Labute approximate surface area is 122 Å². The second kappa shape index (κ2) is 8.54. The molecule has 110 valence electrons. The number of nitrogens with one attached hydrogen (secondary N) is 1. The van der Waals surface area contributed by atoms with Crippen molar-refractivity contribution in [1.82, 2.24) is 10.3 Å². The first-order valence-electron chi connectivity index (χ1n) is 7.49. The van der Waals surface area contributed by atoms with E-state index in [0.717, 1.165) is 30.7 Å². The standard InChI is InChI=1S/C15H29N3S/c1-6-18(7-2)15-17-11-14(19-15)10-16-13(5)9-8-12(3)4/h11-13,16H,6-10H2,1-5H3. The van der Waals surface area contributed by atoms with E-state index in [2.05, 4.69) is 49.8 Å². The molecule has 4 heteroatoms. The lowest BCUT2D eigenvalue weighted by molar-refractivity contribution is 0.452. The van der Waals surface area contributed by atoms with Crippen LogP contribution in [0.15, 0.2) is 6.20 Å². The summed E-state index contributed by atoms with van der Waals surface area (Å²) < 4.78 is 0. The van der Waals surface area contributed by atoms with Crippen LogP contribution < -0.4 is 10.2 Å². The molecule has 1 rings (SSSR count). The van der Waals surface area contributed by atoms with Crippen LogP contribution in [0, 0.1) is 5.92 Å². The van der Waals surface area contributed by atoms with Gasteiger partial charge in [-0.2, -0.15) is 0 Å². The Hall–Kier alpha value is -0.610. The van der Waals surface area contributed by atoms with E-state index in [1.165, 1.54) is 17.7 Å². The molecule has 1 aromatic heterocycles. The highest BCUT2D eigenvalue weighted by atomic mass is 32.1. The van der Waals surface area contributed by atoms with Crippen LogP contribution in [0.25, 0.3) is 0 Å². The molecular formula is C15H29N3S. The minimum atomic E-state index is 0.585. The fraction of sp³-hybridized carbons (Fsp3) is 0.800. The van der Waals surface area contributed by atoms with Gasteiger partial charge in [0.1, 0.15) is 0 Å². The van der Waals surface area contributed by atoms with Crippen LogP contribution in [0.3, 0.4) is 0 Å². The number of nitrogens with zero attached hydrogens (tertiary/aromatic N) is 2. The van der Waals surface area contributed by atoms with Gasteiger partial charge < -0.3 is 10.2 Å². The highest BCUT2D eigenvalue weighted by Gasteiger charge is 2.09. The van der Waals surface area contributed by atoms with Gasteiger partial charge in [-0.05, 0) is 39.5 Å². The average Bonchev–Trinajstić information content (AvgIpc) is 2.84. The van der Waals surface area contributed by atoms with E-state index in [1.807, 2.05) is 17.5 Å². The fourth-order valence-electron chi connectivity index (χ4n) is 1.98. The largest absolute Gasteiger partial charge is 0.349 e. The van der Waals surface area contributed by atoms with E-state index in [4.69, 9.17) is 0 Å². The molecule has 0 aliphatic rings. The Kier molecular flexibility index (Phi) is 7.39. The van der Waals surface area contributed by atoms with Gasteiger partial charge in [0.15, 0.2) is 5.13 Å². The van der Waals surface area contributed by atoms with Crippen LogP contribution in [-0.2, 0) is 6.54 Å². The van der Waals surface area contributed by atoms with Crippen LogP contribution in [0.2, 0.25) is 0 Å². The smallest absolute Gasteiger partial charge is 0.185 e. The quantitative estimate of drug-likeness (QED) is 0.745. The maximum Gasteiger partial charge on any atom is 0.185 e. The lowest BCUT2D eigenvalue weighted by Gasteiger charge is -2.16. The Morgan fingerprint density at radius 2 is 1.89 bits per heavy atom. The molecule has 1 unspecified atom stereocenters. The lowest BCUT2D eigenvalue weighted by Crippen LogP contribution is -2.25. The van der Waals surface area contributed by atoms with Crippen molar-refractivity contribution in [1.29, 1.82) is 0 Å². The Balaban J connectivity index is 2.37. The van der Waals surface area contributed by atoms with Gasteiger partial charge in [0.2, 0.25) is 0 Å². The molecule has 1 heterocycles. The van der Waals surface area contributed by atoms with Crippen molar-refractivity contribution in [2.75, 3.05) is 18.0 Å². The summed E-state index contributed by atoms with van der Waals surface area (Å²) in [5.74, 6) is 0.793. The summed E-state index contributed by atoms with van der Waals surface area (Å²) >= 11 is 1.81. The van der Waals surface area contributed by atoms with E-state index in [9.17, 15) is 0 Å². The normalized spacial score (nSPS) is 12.9. The van der Waals surface area contributed by atoms with Gasteiger partial charge in [-0.25, -0.2) is 4.98 Å². The third-order valence-corrected chi connectivity index (χ3v) is 4.44. The molecule has 0 amide bonds.